The van der Waals surface area contributed by atoms with Crippen LogP contribution in [-0.2, 0) is 18.3 Å². The van der Waals surface area contributed by atoms with Crippen LogP contribution in [0.25, 0.3) is 0 Å². The van der Waals surface area contributed by atoms with Crippen LogP contribution < -0.4 is 5.73 Å². The van der Waals surface area contributed by atoms with Gasteiger partial charge >= 0.3 is 0 Å². The van der Waals surface area contributed by atoms with Crippen LogP contribution in [-0.4, -0.2) is 20.5 Å². The number of nitrogens with zero attached hydrogens (tertiary/aromatic N) is 3. The Labute approximate surface area is 96.9 Å². The molecule has 0 saturated heterocycles. The average Bonchev–Trinajstić information content (AvgIpc) is 2.88. The van der Waals surface area contributed by atoms with Crippen LogP contribution in [0.3, 0.4) is 0 Å². The lowest BCUT2D eigenvalue weighted by atomic mass is 10.1. The first-order valence-electron chi connectivity index (χ1n) is 4.82. The van der Waals surface area contributed by atoms with Crippen molar-refractivity contribution in [3.05, 3.63) is 34.5 Å². The van der Waals surface area contributed by atoms with Gasteiger partial charge in [0.25, 0.3) is 0 Å². The molecule has 84 valence electrons. The Kier molecular flexibility index (Phi) is 3.12. The van der Waals surface area contributed by atoms with Gasteiger partial charge in [0.1, 0.15) is 0 Å². The number of carbonyl (C=O) groups is 1. The molecule has 2 rings (SSSR count). The number of rotatable bonds is 4. The number of Topliss-reactive ketones (excluding diaryl/α,β-unsaturated/α-hetero) is 1. The van der Waals surface area contributed by atoms with Crippen LogP contribution >= 0.6 is 11.3 Å². The smallest absolute Gasteiger partial charge is 0.160 e. The van der Waals surface area contributed by atoms with E-state index in [1.54, 1.807) is 30.3 Å². The molecule has 2 heterocycles. The van der Waals surface area contributed by atoms with Gasteiger partial charge in [-0.1, -0.05) is 0 Å². The van der Waals surface area contributed by atoms with E-state index in [9.17, 15) is 4.79 Å². The van der Waals surface area contributed by atoms with Crippen molar-refractivity contribution in [2.75, 3.05) is 0 Å². The average molecular weight is 236 g/mol. The summed E-state index contributed by atoms with van der Waals surface area (Å²) in [6.07, 6.45) is 5.34. The first-order chi connectivity index (χ1) is 7.66. The van der Waals surface area contributed by atoms with Crippen LogP contribution in [0.1, 0.15) is 16.6 Å². The number of thiazole rings is 1. The monoisotopic (exact) mass is 236 g/mol. The van der Waals surface area contributed by atoms with Crippen molar-refractivity contribution in [1.29, 1.82) is 0 Å². The highest BCUT2D eigenvalue weighted by Crippen LogP contribution is 2.14. The van der Waals surface area contributed by atoms with Gasteiger partial charge in [0.15, 0.2) is 5.78 Å². The standard InChI is InChI=1S/C10H12N4OS/c1-14-6-7(5-13-14)10(11)8(15)4-9-12-2-3-16-9/h2-3,5-6,10H,4,11H2,1H3. The Balaban J connectivity index is 2.05. The van der Waals surface area contributed by atoms with Crippen molar-refractivity contribution in [3.8, 4) is 0 Å². The summed E-state index contributed by atoms with van der Waals surface area (Å²) >= 11 is 1.46. The van der Waals surface area contributed by atoms with Gasteiger partial charge in [-0.25, -0.2) is 4.98 Å². The largest absolute Gasteiger partial charge is 0.318 e. The Morgan fingerprint density at radius 1 is 1.69 bits per heavy atom. The number of aromatic nitrogens is 3. The first kappa shape index (κ1) is 11.0. The fraction of sp³-hybridized carbons (Fsp3) is 0.300. The lowest BCUT2D eigenvalue weighted by Crippen LogP contribution is -2.22. The Morgan fingerprint density at radius 2 is 2.50 bits per heavy atom. The minimum atomic E-state index is -0.613. The molecule has 0 radical (unpaired) electrons. The highest BCUT2D eigenvalue weighted by Gasteiger charge is 2.18. The van der Waals surface area contributed by atoms with E-state index in [4.69, 9.17) is 5.73 Å². The van der Waals surface area contributed by atoms with E-state index in [2.05, 4.69) is 10.1 Å². The second kappa shape index (κ2) is 4.54. The number of hydrogen-bond acceptors (Lipinski definition) is 5. The van der Waals surface area contributed by atoms with E-state index in [0.29, 0.717) is 0 Å². The molecule has 6 heteroatoms. The van der Waals surface area contributed by atoms with Crippen molar-refractivity contribution in [2.45, 2.75) is 12.5 Å². The molecule has 0 saturated carbocycles. The molecule has 0 aromatic carbocycles. The Bertz CT molecular complexity index is 477. The zero-order valence-electron chi connectivity index (χ0n) is 8.83. The maximum absolute atomic E-state index is 11.8. The summed E-state index contributed by atoms with van der Waals surface area (Å²) in [6, 6.07) is -0.613. The van der Waals surface area contributed by atoms with E-state index in [1.807, 2.05) is 5.38 Å². The van der Waals surface area contributed by atoms with Gasteiger partial charge in [0.05, 0.1) is 23.7 Å². The van der Waals surface area contributed by atoms with Crippen LogP contribution in [0.5, 0.6) is 0 Å². The fourth-order valence-electron chi connectivity index (χ4n) is 1.39. The highest BCUT2D eigenvalue weighted by molar-refractivity contribution is 7.09. The second-order valence-corrected chi connectivity index (χ2v) is 4.47. The SMILES string of the molecule is Cn1cc(C(N)C(=O)Cc2nccs2)cn1. The summed E-state index contributed by atoms with van der Waals surface area (Å²) in [7, 11) is 1.79. The third-order valence-electron chi connectivity index (χ3n) is 2.24. The molecular formula is C10H12N4OS. The van der Waals surface area contributed by atoms with Crippen LogP contribution in [0.15, 0.2) is 24.0 Å². The Hall–Kier alpha value is -1.53. The molecule has 5 nitrogen and oxygen atoms in total. The minimum Gasteiger partial charge on any atom is -0.318 e. The number of carbonyl (C=O) groups excluding carboxylic acids is 1. The van der Waals surface area contributed by atoms with Crippen LogP contribution in [0.2, 0.25) is 0 Å². The zero-order chi connectivity index (χ0) is 11.5. The quantitative estimate of drug-likeness (QED) is 0.847. The molecule has 0 aliphatic carbocycles. The predicted octanol–water partition coefficient (Wildman–Crippen LogP) is 0.688. The highest BCUT2D eigenvalue weighted by atomic mass is 32.1. The molecule has 0 aliphatic rings. The Morgan fingerprint density at radius 3 is 3.06 bits per heavy atom. The maximum Gasteiger partial charge on any atom is 0.160 e. The van der Waals surface area contributed by atoms with Gasteiger partial charge in [-0.05, 0) is 0 Å². The molecule has 2 aromatic heterocycles. The second-order valence-electron chi connectivity index (χ2n) is 3.49. The lowest BCUT2D eigenvalue weighted by molar-refractivity contribution is -0.119. The molecule has 16 heavy (non-hydrogen) atoms. The number of aryl methyl sites for hydroxylation is 1. The van der Waals surface area contributed by atoms with Gasteiger partial charge < -0.3 is 5.73 Å². The topological polar surface area (TPSA) is 73.8 Å². The molecule has 0 amide bonds. The summed E-state index contributed by atoms with van der Waals surface area (Å²) in [4.78, 5) is 15.9. The molecule has 2 N–H and O–H groups in total. The lowest BCUT2D eigenvalue weighted by Gasteiger charge is -2.06. The van der Waals surface area contributed by atoms with Crippen molar-refractivity contribution >= 4 is 17.1 Å². The van der Waals surface area contributed by atoms with Crippen molar-refractivity contribution in [2.24, 2.45) is 12.8 Å². The summed E-state index contributed by atoms with van der Waals surface area (Å²) in [6.45, 7) is 0. The number of hydrogen-bond donors (Lipinski definition) is 1. The van der Waals surface area contributed by atoms with Crippen LogP contribution in [0, 0.1) is 0 Å². The predicted molar refractivity (Wildman–Crippen MR) is 61.0 cm³/mol. The van der Waals surface area contributed by atoms with E-state index >= 15 is 0 Å². The summed E-state index contributed by atoms with van der Waals surface area (Å²) in [5.41, 5.74) is 6.58. The molecule has 0 fully saturated rings. The van der Waals surface area contributed by atoms with E-state index in [0.717, 1.165) is 10.6 Å². The summed E-state index contributed by atoms with van der Waals surface area (Å²) in [5.74, 6) is -0.0389. The normalized spacial score (nSPS) is 12.6. The van der Waals surface area contributed by atoms with Crippen molar-refractivity contribution in [1.82, 2.24) is 14.8 Å². The van der Waals surface area contributed by atoms with E-state index in [-0.39, 0.29) is 12.2 Å². The summed E-state index contributed by atoms with van der Waals surface area (Å²) < 4.78 is 1.63. The molecule has 0 spiro atoms. The van der Waals surface area contributed by atoms with Crippen molar-refractivity contribution in [3.63, 3.8) is 0 Å². The number of ketones is 1. The molecule has 2 aromatic rings. The maximum atomic E-state index is 11.8. The minimum absolute atomic E-state index is 0.0389. The summed E-state index contributed by atoms with van der Waals surface area (Å²) in [5, 5.41) is 6.63. The molecule has 0 aliphatic heterocycles. The van der Waals surface area contributed by atoms with Gasteiger partial charge in [0.2, 0.25) is 0 Å². The molecule has 1 atom stereocenters. The zero-order valence-corrected chi connectivity index (χ0v) is 9.65. The molecule has 1 unspecified atom stereocenters. The fourth-order valence-corrected chi connectivity index (χ4v) is 2.01. The van der Waals surface area contributed by atoms with Crippen molar-refractivity contribution < 1.29 is 4.79 Å². The van der Waals surface area contributed by atoms with E-state index in [1.165, 1.54) is 11.3 Å². The first-order valence-corrected chi connectivity index (χ1v) is 5.70. The third kappa shape index (κ3) is 2.34. The van der Waals surface area contributed by atoms with Gasteiger partial charge in [-0.15, -0.1) is 11.3 Å². The molecule has 0 bridgehead atoms. The third-order valence-corrected chi connectivity index (χ3v) is 3.02. The van der Waals surface area contributed by atoms with E-state index < -0.39 is 6.04 Å². The van der Waals surface area contributed by atoms with Gasteiger partial charge in [-0.2, -0.15) is 5.10 Å². The molecular weight excluding hydrogens is 224 g/mol. The number of nitrogens with two attached hydrogens (primary N) is 1. The van der Waals surface area contributed by atoms with Gasteiger partial charge in [-0.3, -0.25) is 9.48 Å². The van der Waals surface area contributed by atoms with Crippen LogP contribution in [0.4, 0.5) is 0 Å². The van der Waals surface area contributed by atoms with Gasteiger partial charge in [0, 0.05) is 30.4 Å².